The number of nitrogens with two attached hydrogens (primary N) is 3. The van der Waals surface area contributed by atoms with Crippen molar-refractivity contribution in [1.29, 1.82) is 0 Å². The van der Waals surface area contributed by atoms with Crippen molar-refractivity contribution in [2.45, 2.75) is 172 Å². The lowest BCUT2D eigenvalue weighted by Crippen LogP contribution is -2.62. The Labute approximate surface area is 552 Å². The quantitative estimate of drug-likeness (QED) is 0.00735. The predicted molar refractivity (Wildman–Crippen MR) is 344 cm³/mol. The number of hydrogen-bond acceptors (Lipinski definition) is 18. The number of hydrazine groups is 1. The summed E-state index contributed by atoms with van der Waals surface area (Å²) in [5, 5.41) is 42.1. The number of nitrogens with one attached hydrogen (secondary N) is 12. The third-order valence-electron chi connectivity index (χ3n) is 15.4. The number of urea groups is 1. The molecule has 34 heteroatoms. The number of aliphatic hydroxyl groups is 1. The summed E-state index contributed by atoms with van der Waals surface area (Å²) in [6.45, 7) is 8.28. The Hall–Kier alpha value is -10.4. The highest BCUT2D eigenvalue weighted by molar-refractivity contribution is 6.00. The maximum atomic E-state index is 15.0. The number of likely N-dealkylation sites (tertiary alicyclic amines) is 1. The molecule has 522 valence electrons. The average Bonchev–Trinajstić information content (AvgIpc) is 1.66. The second-order valence-corrected chi connectivity index (χ2v) is 24.8. The lowest BCUT2D eigenvalue weighted by Gasteiger charge is -2.31. The number of nitrogens with zero attached hydrogens (tertiary/aromatic N) is 3. The van der Waals surface area contributed by atoms with Crippen LogP contribution in [0, 0.1) is 5.92 Å². The molecule has 20 N–H and O–H groups in total. The normalized spacial score (nSPS) is 17.0. The van der Waals surface area contributed by atoms with Gasteiger partial charge in [0.15, 0.2) is 5.96 Å². The number of benzene rings is 2. The number of H-pyrrole nitrogens is 2. The van der Waals surface area contributed by atoms with Crippen molar-refractivity contribution in [2.24, 2.45) is 28.1 Å². The fourth-order valence-corrected chi connectivity index (χ4v) is 10.5. The number of ether oxygens (including phenoxy) is 2. The Kier molecular flexibility index (Phi) is 27.4. The van der Waals surface area contributed by atoms with Gasteiger partial charge in [0.25, 0.3) is 5.91 Å². The van der Waals surface area contributed by atoms with Crippen LogP contribution in [0.1, 0.15) is 103 Å². The molecule has 2 aromatic carbocycles. The zero-order valence-corrected chi connectivity index (χ0v) is 54.3. The number of aliphatic hydroxyl groups excluding tert-OH is 1. The first-order valence-electron chi connectivity index (χ1n) is 31.4. The van der Waals surface area contributed by atoms with E-state index < -0.39 is 144 Å². The summed E-state index contributed by atoms with van der Waals surface area (Å²) < 4.78 is 11.4. The number of aliphatic imine (C=N–C) groups is 1. The van der Waals surface area contributed by atoms with Crippen LogP contribution in [0.3, 0.4) is 0 Å². The van der Waals surface area contributed by atoms with E-state index in [-0.39, 0.29) is 94.4 Å². The number of primary amides is 1. The summed E-state index contributed by atoms with van der Waals surface area (Å²) in [4.78, 5) is 181. The largest absolute Gasteiger partial charge is 0.508 e. The van der Waals surface area contributed by atoms with Crippen LogP contribution in [0.25, 0.3) is 10.9 Å². The molecule has 0 saturated carbocycles. The van der Waals surface area contributed by atoms with Crippen LogP contribution in [0.2, 0.25) is 0 Å². The second kappa shape index (κ2) is 35.2. The summed E-state index contributed by atoms with van der Waals surface area (Å²) in [5.41, 5.74) is 21.4. The van der Waals surface area contributed by atoms with Gasteiger partial charge in [-0.2, -0.15) is 0 Å². The van der Waals surface area contributed by atoms with Gasteiger partial charge in [0, 0.05) is 67.8 Å². The van der Waals surface area contributed by atoms with Crippen LogP contribution < -0.4 is 70.6 Å². The molecule has 1 unspecified atom stereocenters. The molecule has 96 heavy (non-hydrogen) atoms. The van der Waals surface area contributed by atoms with Gasteiger partial charge in [0.2, 0.25) is 53.2 Å². The Morgan fingerprint density at radius 3 is 1.90 bits per heavy atom. The van der Waals surface area contributed by atoms with Crippen molar-refractivity contribution in [1.82, 2.24) is 73.2 Å². The monoisotopic (exact) mass is 1340 g/mol. The molecule has 0 radical (unpaired) electrons. The number of para-hydroxylation sites is 1. The number of guanidine groups is 1. The minimum absolute atomic E-state index is 0.0248. The topological polar surface area (TPSA) is 522 Å². The molecule has 2 aliphatic heterocycles. The Bertz CT molecular complexity index is 3420. The first-order chi connectivity index (χ1) is 45.4. The first-order valence-corrected chi connectivity index (χ1v) is 31.4. The van der Waals surface area contributed by atoms with Gasteiger partial charge in [-0.15, -0.1) is 0 Å². The van der Waals surface area contributed by atoms with Gasteiger partial charge >= 0.3 is 12.0 Å². The molecular formula is C62H88N18O16. The lowest BCUT2D eigenvalue weighted by atomic mass is 10.0. The Balaban J connectivity index is 1.30. The number of rotatable bonds is 33. The van der Waals surface area contributed by atoms with E-state index in [1.165, 1.54) is 41.7 Å². The number of aromatic hydroxyl groups is 1. The van der Waals surface area contributed by atoms with Crippen molar-refractivity contribution in [3.8, 4) is 5.75 Å². The molecule has 12 amide bonds. The van der Waals surface area contributed by atoms with Crippen LogP contribution in [-0.2, 0) is 81.5 Å². The number of imidazole rings is 1. The highest BCUT2D eigenvalue weighted by atomic mass is 16.5. The van der Waals surface area contributed by atoms with Gasteiger partial charge in [-0.1, -0.05) is 44.2 Å². The van der Waals surface area contributed by atoms with Crippen LogP contribution in [0.15, 0.2) is 72.2 Å². The SMILES string of the molecule is CC(C)C[C@H](NC(=O)[C@H](COC(C)(C)C)NC(=O)[C@H](Cc1ccc(O)cc1)NC(=O)[C@H](COC(=O)C(C)O)NC(=O)[C@H](Cc1c[nH]c2ccccc12)NC(=O)[C@H](Cc1cnc[nH]1)NC(=O)[C@@H]1CCC(=O)N1)C(=O)N[C@@H](CCCN=C(N)N)C(=O)N1CCC[C@H]1C(=O)NNC(N)=O. The number of aromatic amines is 2. The zero-order valence-electron chi connectivity index (χ0n) is 54.3. The van der Waals surface area contributed by atoms with Gasteiger partial charge in [0.1, 0.15) is 72.8 Å². The number of hydrogen-bond donors (Lipinski definition) is 17. The second-order valence-electron chi connectivity index (χ2n) is 24.8. The van der Waals surface area contributed by atoms with E-state index in [4.69, 9.17) is 26.7 Å². The summed E-state index contributed by atoms with van der Waals surface area (Å²) in [6, 6.07) is -1.46. The number of phenols is 1. The molecule has 2 aromatic heterocycles. The number of aromatic nitrogens is 3. The number of carbonyl (C=O) groups excluding carboxylic acids is 12. The van der Waals surface area contributed by atoms with Crippen LogP contribution >= 0.6 is 0 Å². The third kappa shape index (κ3) is 23.3. The first kappa shape index (κ1) is 74.7. The molecule has 0 spiro atoms. The summed E-state index contributed by atoms with van der Waals surface area (Å²) in [7, 11) is 0. The molecule has 2 aliphatic rings. The maximum absolute atomic E-state index is 15.0. The molecule has 6 rings (SSSR count). The van der Waals surface area contributed by atoms with Gasteiger partial charge in [-0.05, 0) is 101 Å². The lowest BCUT2D eigenvalue weighted by molar-refractivity contribution is -0.154. The van der Waals surface area contributed by atoms with Crippen LogP contribution in [0.5, 0.6) is 5.75 Å². The van der Waals surface area contributed by atoms with Crippen molar-refractivity contribution in [3.05, 3.63) is 84.1 Å². The summed E-state index contributed by atoms with van der Waals surface area (Å²) >= 11 is 0. The molecule has 34 nitrogen and oxygen atoms in total. The molecule has 2 fully saturated rings. The molecule has 4 aromatic rings. The van der Waals surface area contributed by atoms with Gasteiger partial charge in [-0.3, -0.25) is 58.4 Å². The molecule has 0 aliphatic carbocycles. The standard InChI is InChI=1S/C62H88N18O16/c1-32(2)23-42(51(85)71-41(13-9-21-67-60(63)64)58(92)80-22-10-14-48(80)57(91)78-79-61(65)94)72-56(90)47(30-96-62(4,5)6)77-52(86)43(24-34-15-17-37(82)18-16-34)73-55(89)46(29-95-59(93)33(3)81)76-53(87)44(25-35-27-68-39-12-8-7-11-38(35)39)74-54(88)45(26-36-28-66-31-69-36)75-50(84)40-19-20-49(83)70-40/h7-8,11-12,15-18,27-28,31-33,40-48,68,81-82H,9-10,13-14,19-26,29-30H2,1-6H3,(H,66,69)(H,70,83)(H,71,85)(H,72,90)(H,73,89)(H,74,88)(H,75,84)(H,76,87)(H,77,86)(H,78,91)(H4,63,64,67)(H3,65,79,94)/t33?,40-,41-,42-,43-,44-,45-,46-,47-,48-/m0/s1. The Morgan fingerprint density at radius 1 is 0.708 bits per heavy atom. The van der Waals surface area contributed by atoms with Gasteiger partial charge < -0.3 is 94.3 Å². The molecule has 0 bridgehead atoms. The van der Waals surface area contributed by atoms with Crippen molar-refractivity contribution < 1.29 is 77.2 Å². The minimum atomic E-state index is -1.92. The number of carbonyl (C=O) groups is 12. The highest BCUT2D eigenvalue weighted by Gasteiger charge is 2.41. The van der Waals surface area contributed by atoms with Crippen molar-refractivity contribution in [2.75, 3.05) is 26.3 Å². The minimum Gasteiger partial charge on any atom is -0.508 e. The number of fused-ring (bicyclic) bond motifs is 1. The van der Waals surface area contributed by atoms with E-state index in [1.54, 1.807) is 65.1 Å². The van der Waals surface area contributed by atoms with Crippen LogP contribution in [-0.4, -0.2) is 199 Å². The number of phenolic OH excluding ortho intramolecular Hbond substituents is 1. The van der Waals surface area contributed by atoms with E-state index in [1.807, 2.05) is 5.43 Å². The molecule has 4 heterocycles. The predicted octanol–water partition coefficient (Wildman–Crippen LogP) is -3.17. The highest BCUT2D eigenvalue weighted by Crippen LogP contribution is 2.23. The van der Waals surface area contributed by atoms with E-state index in [0.717, 1.165) is 6.92 Å². The zero-order chi connectivity index (χ0) is 70.4. The Morgan fingerprint density at radius 2 is 1.30 bits per heavy atom. The molecule has 10 atom stereocenters. The summed E-state index contributed by atoms with van der Waals surface area (Å²) in [5.74, 6) is -10.3. The van der Waals surface area contributed by atoms with E-state index in [0.29, 0.717) is 34.1 Å². The van der Waals surface area contributed by atoms with E-state index in [2.05, 4.69) is 67.9 Å². The number of esters is 1. The van der Waals surface area contributed by atoms with Crippen molar-refractivity contribution in [3.63, 3.8) is 0 Å². The summed E-state index contributed by atoms with van der Waals surface area (Å²) in [6.07, 6.45) is 2.78. The smallest absolute Gasteiger partial charge is 0.334 e. The molecule has 2 saturated heterocycles. The molecular weight excluding hydrogens is 1250 g/mol. The van der Waals surface area contributed by atoms with Gasteiger partial charge in [0.05, 0.1) is 18.5 Å². The van der Waals surface area contributed by atoms with Crippen molar-refractivity contribution >= 4 is 87.9 Å². The fourth-order valence-electron chi connectivity index (χ4n) is 10.5. The average molecular weight is 1340 g/mol. The fraction of sp³-hybridized carbons (Fsp3) is 0.516. The van der Waals surface area contributed by atoms with Crippen LogP contribution in [0.4, 0.5) is 4.79 Å². The maximum Gasteiger partial charge on any atom is 0.334 e. The third-order valence-corrected chi connectivity index (χ3v) is 15.4. The number of amides is 12. The van der Waals surface area contributed by atoms with E-state index >= 15 is 0 Å². The van der Waals surface area contributed by atoms with E-state index in [9.17, 15) is 67.7 Å². The van der Waals surface area contributed by atoms with Gasteiger partial charge in [-0.25, -0.2) is 20.0 Å².